The highest BCUT2D eigenvalue weighted by Crippen LogP contribution is 2.48. The number of hydrogen-bond donors (Lipinski definition) is 0. The first kappa shape index (κ1) is 32.9. The van der Waals surface area contributed by atoms with Gasteiger partial charge in [0.1, 0.15) is 11.2 Å². The molecule has 1 saturated carbocycles. The monoisotopic (exact) mass is 512 g/mol. The zero-order valence-electron chi connectivity index (χ0n) is 24.7. The van der Waals surface area contributed by atoms with E-state index in [0.29, 0.717) is 18.3 Å². The van der Waals surface area contributed by atoms with Crippen LogP contribution in [0.4, 0.5) is 0 Å². The zero-order chi connectivity index (χ0) is 27.2. The maximum atomic E-state index is 13.3. The second-order valence-electron chi connectivity index (χ2n) is 13.1. The zero-order valence-corrected chi connectivity index (χ0v) is 24.7. The summed E-state index contributed by atoms with van der Waals surface area (Å²) in [6.07, 6.45) is 16.0. The fraction of sp³-hybridized carbons (Fsp3) is 0.933. The molecule has 1 aliphatic carbocycles. The molecule has 3 unspecified atom stereocenters. The molecular weight excluding hydrogens is 456 g/mol. The predicted octanol–water partition coefficient (Wildman–Crippen LogP) is 8.66. The van der Waals surface area contributed by atoms with E-state index in [1.165, 1.54) is 38.5 Å². The van der Waals surface area contributed by atoms with Crippen LogP contribution >= 0.6 is 0 Å². The van der Waals surface area contributed by atoms with Crippen LogP contribution in [0.15, 0.2) is 0 Å². The minimum absolute atomic E-state index is 0.198. The summed E-state index contributed by atoms with van der Waals surface area (Å²) < 4.78 is 0. The highest BCUT2D eigenvalue weighted by Gasteiger charge is 2.47. The summed E-state index contributed by atoms with van der Waals surface area (Å²) in [6, 6.07) is 0. The van der Waals surface area contributed by atoms with Crippen molar-refractivity contribution in [3.8, 4) is 0 Å². The molecule has 1 aliphatic rings. The molecule has 0 amide bonds. The first-order valence-electron chi connectivity index (χ1n) is 14.6. The van der Waals surface area contributed by atoms with Crippen LogP contribution < -0.4 is 0 Å². The highest BCUT2D eigenvalue weighted by atomic mass is 17.2. The number of carbonyl (C=O) groups excluding carboxylic acids is 2. The van der Waals surface area contributed by atoms with E-state index in [1.54, 1.807) is 0 Å². The van der Waals surface area contributed by atoms with Crippen molar-refractivity contribution in [3.05, 3.63) is 0 Å². The van der Waals surface area contributed by atoms with E-state index < -0.39 is 16.6 Å². The normalized spacial score (nSPS) is 22.9. The van der Waals surface area contributed by atoms with E-state index in [9.17, 15) is 9.59 Å². The van der Waals surface area contributed by atoms with E-state index >= 15 is 0 Å². The van der Waals surface area contributed by atoms with Crippen LogP contribution in [0.1, 0.15) is 152 Å². The molecule has 0 aliphatic heterocycles. The summed E-state index contributed by atoms with van der Waals surface area (Å²) in [5.74, 6) is 0.414. The molecule has 0 aromatic carbocycles. The highest BCUT2D eigenvalue weighted by molar-refractivity contribution is 5.76. The maximum absolute atomic E-state index is 13.3. The third-order valence-electron chi connectivity index (χ3n) is 7.15. The lowest BCUT2D eigenvalue weighted by Gasteiger charge is -2.43. The van der Waals surface area contributed by atoms with Crippen molar-refractivity contribution in [2.75, 3.05) is 0 Å². The molecule has 0 spiro atoms. The molecule has 0 radical (unpaired) electrons. The van der Waals surface area contributed by atoms with Crippen LogP contribution in [-0.4, -0.2) is 23.1 Å². The largest absolute Gasteiger partial charge is 0.348 e. The van der Waals surface area contributed by atoms with E-state index in [0.717, 1.165) is 51.4 Å². The number of rotatable bonds is 16. The fourth-order valence-electron chi connectivity index (χ4n) is 5.10. The average Bonchev–Trinajstić information content (AvgIpc) is 2.78. The number of hydrogen-bond acceptors (Lipinski definition) is 6. The van der Waals surface area contributed by atoms with E-state index in [2.05, 4.69) is 13.8 Å². The van der Waals surface area contributed by atoms with Crippen LogP contribution in [0.2, 0.25) is 0 Å². The summed E-state index contributed by atoms with van der Waals surface area (Å²) in [5.41, 5.74) is -1.49. The predicted molar refractivity (Wildman–Crippen MR) is 144 cm³/mol. The van der Waals surface area contributed by atoms with Crippen molar-refractivity contribution >= 4 is 11.9 Å². The van der Waals surface area contributed by atoms with Gasteiger partial charge in [-0.25, -0.2) is 9.59 Å². The quantitative estimate of drug-likeness (QED) is 0.117. The minimum Gasteiger partial charge on any atom is -0.298 e. The second-order valence-corrected chi connectivity index (χ2v) is 13.1. The van der Waals surface area contributed by atoms with E-state index in [4.69, 9.17) is 19.6 Å². The Morgan fingerprint density at radius 2 is 1.31 bits per heavy atom. The van der Waals surface area contributed by atoms with Gasteiger partial charge >= 0.3 is 11.9 Å². The third-order valence-corrected chi connectivity index (χ3v) is 7.15. The van der Waals surface area contributed by atoms with Gasteiger partial charge in [-0.3, -0.25) is 9.78 Å². The summed E-state index contributed by atoms with van der Waals surface area (Å²) in [6.45, 7) is 15.6. The van der Waals surface area contributed by atoms with Gasteiger partial charge in [0.2, 0.25) is 0 Å². The molecule has 0 aromatic heterocycles. The average molecular weight is 513 g/mol. The molecular formula is C30H56O6. The van der Waals surface area contributed by atoms with Crippen LogP contribution in [0.3, 0.4) is 0 Å². The van der Waals surface area contributed by atoms with Gasteiger partial charge < -0.3 is 0 Å². The smallest absolute Gasteiger partial charge is 0.298 e. The molecule has 36 heavy (non-hydrogen) atoms. The first-order chi connectivity index (χ1) is 16.8. The first-order valence-corrected chi connectivity index (χ1v) is 14.6. The lowest BCUT2D eigenvalue weighted by Crippen LogP contribution is -2.43. The maximum Gasteiger partial charge on any atom is 0.348 e. The Morgan fingerprint density at radius 3 is 1.94 bits per heavy atom. The lowest BCUT2D eigenvalue weighted by atomic mass is 9.61. The van der Waals surface area contributed by atoms with Gasteiger partial charge in [-0.1, -0.05) is 71.1 Å². The molecule has 212 valence electrons. The lowest BCUT2D eigenvalue weighted by molar-refractivity contribution is -0.329. The van der Waals surface area contributed by atoms with Gasteiger partial charge in [0.25, 0.3) is 0 Å². The summed E-state index contributed by atoms with van der Waals surface area (Å²) in [5, 5.41) is 0. The van der Waals surface area contributed by atoms with E-state index in [-0.39, 0.29) is 11.9 Å². The second kappa shape index (κ2) is 16.0. The molecule has 3 atom stereocenters. The Bertz CT molecular complexity index is 632. The Morgan fingerprint density at radius 1 is 0.750 bits per heavy atom. The Kier molecular flexibility index (Phi) is 14.6. The Hall–Kier alpha value is -1.14. The van der Waals surface area contributed by atoms with Crippen LogP contribution in [0.5, 0.6) is 0 Å². The summed E-state index contributed by atoms with van der Waals surface area (Å²) in [7, 11) is 0. The molecule has 0 heterocycles. The van der Waals surface area contributed by atoms with Crippen molar-refractivity contribution in [2.45, 2.75) is 163 Å². The van der Waals surface area contributed by atoms with Gasteiger partial charge in [0, 0.05) is 6.42 Å². The van der Waals surface area contributed by atoms with E-state index in [1.807, 2.05) is 41.5 Å². The molecule has 1 fully saturated rings. The fourth-order valence-corrected chi connectivity index (χ4v) is 5.10. The van der Waals surface area contributed by atoms with Gasteiger partial charge in [0.15, 0.2) is 0 Å². The number of carbonyl (C=O) groups is 2. The standard InChI is InChI=1S/C30H56O6/c1-9-10-11-15-18-24-21-22-25(30(8,23-24)27(32)34-36-29(5,6)7)19-16-13-12-14-17-20-26(31)33-35-28(2,3)4/h24-25H,9-23H2,1-8H3. The van der Waals surface area contributed by atoms with Crippen LogP contribution in [-0.2, 0) is 29.1 Å². The van der Waals surface area contributed by atoms with Crippen molar-refractivity contribution < 1.29 is 29.1 Å². The molecule has 6 nitrogen and oxygen atoms in total. The van der Waals surface area contributed by atoms with Crippen molar-refractivity contribution in [1.29, 1.82) is 0 Å². The Balaban J connectivity index is 2.48. The van der Waals surface area contributed by atoms with Gasteiger partial charge in [-0.2, -0.15) is 9.78 Å². The number of unbranched alkanes of at least 4 members (excludes halogenated alkanes) is 7. The molecule has 6 heteroatoms. The molecule has 1 rings (SSSR count). The summed E-state index contributed by atoms with van der Waals surface area (Å²) in [4.78, 5) is 45.8. The van der Waals surface area contributed by atoms with Gasteiger partial charge in [-0.05, 0) is 86.0 Å². The summed E-state index contributed by atoms with van der Waals surface area (Å²) >= 11 is 0. The van der Waals surface area contributed by atoms with Crippen molar-refractivity contribution in [1.82, 2.24) is 0 Å². The van der Waals surface area contributed by atoms with Crippen LogP contribution in [0.25, 0.3) is 0 Å². The van der Waals surface area contributed by atoms with Crippen molar-refractivity contribution in [3.63, 3.8) is 0 Å². The molecule has 0 aromatic rings. The van der Waals surface area contributed by atoms with Gasteiger partial charge in [0.05, 0.1) is 5.41 Å². The van der Waals surface area contributed by atoms with Gasteiger partial charge in [-0.15, -0.1) is 0 Å². The Labute approximate surface area is 221 Å². The van der Waals surface area contributed by atoms with Crippen molar-refractivity contribution in [2.24, 2.45) is 17.3 Å². The SMILES string of the molecule is CCCCCCC1CCC(CCCCCCCC(=O)OOC(C)(C)C)C(C)(C(=O)OOC(C)(C)C)C1. The topological polar surface area (TPSA) is 71.1 Å². The minimum atomic E-state index is -0.513. The molecule has 0 bridgehead atoms. The molecule has 0 N–H and O–H groups in total. The van der Waals surface area contributed by atoms with Crippen LogP contribution in [0, 0.1) is 17.3 Å². The molecule has 0 saturated heterocycles. The third kappa shape index (κ3) is 14.0.